The summed E-state index contributed by atoms with van der Waals surface area (Å²) in [6.07, 6.45) is 2.59. The molecule has 16 heavy (non-hydrogen) atoms. The first-order chi connectivity index (χ1) is 7.53. The Morgan fingerprint density at radius 2 is 1.88 bits per heavy atom. The van der Waals surface area contributed by atoms with Gasteiger partial charge in [0.25, 0.3) is 0 Å². The largest absolute Gasteiger partial charge is 0.308 e. The second-order valence-electron chi connectivity index (χ2n) is 5.19. The van der Waals surface area contributed by atoms with E-state index in [0.29, 0.717) is 0 Å². The zero-order valence-electron chi connectivity index (χ0n) is 10.9. The van der Waals surface area contributed by atoms with Crippen LogP contribution in [0.1, 0.15) is 39.7 Å². The Morgan fingerprint density at radius 1 is 1.19 bits per heavy atom. The van der Waals surface area contributed by atoms with Gasteiger partial charge >= 0.3 is 0 Å². The van der Waals surface area contributed by atoms with Gasteiger partial charge in [-0.25, -0.2) is 0 Å². The van der Waals surface area contributed by atoms with Gasteiger partial charge in [-0.1, -0.05) is 46.2 Å². The summed E-state index contributed by atoms with van der Waals surface area (Å²) in [6, 6.07) is 8.81. The van der Waals surface area contributed by atoms with Crippen LogP contribution in [0.15, 0.2) is 24.3 Å². The van der Waals surface area contributed by atoms with Crippen LogP contribution >= 0.6 is 8.58 Å². The Bertz CT molecular complexity index is 315. The molecule has 0 heterocycles. The summed E-state index contributed by atoms with van der Waals surface area (Å²) in [6.45, 7) is 9.87. The molecule has 1 nitrogen and oxygen atoms in total. The van der Waals surface area contributed by atoms with E-state index in [9.17, 15) is 0 Å². The lowest BCUT2D eigenvalue weighted by Gasteiger charge is -2.21. The number of hydrogen-bond acceptors (Lipinski definition) is 1. The topological polar surface area (TPSA) is 12.0 Å². The second kappa shape index (κ2) is 6.37. The lowest BCUT2D eigenvalue weighted by molar-refractivity contribution is 0.425. The Balaban J connectivity index is 2.63. The van der Waals surface area contributed by atoms with E-state index in [4.69, 9.17) is 0 Å². The molecule has 0 aromatic heterocycles. The fourth-order valence-electron chi connectivity index (χ4n) is 1.47. The second-order valence-corrected chi connectivity index (χ2v) is 6.58. The van der Waals surface area contributed by atoms with Crippen molar-refractivity contribution in [3.63, 3.8) is 0 Å². The molecule has 1 aromatic rings. The summed E-state index contributed by atoms with van der Waals surface area (Å²) in [4.78, 5) is 0. The van der Waals surface area contributed by atoms with Crippen LogP contribution in [-0.2, 0) is 6.54 Å². The van der Waals surface area contributed by atoms with Crippen LogP contribution in [0.3, 0.4) is 0 Å². The minimum Gasteiger partial charge on any atom is -0.308 e. The lowest BCUT2D eigenvalue weighted by atomic mass is 10.1. The molecule has 2 heteroatoms. The highest BCUT2D eigenvalue weighted by Gasteiger charge is 2.09. The Kier molecular flexibility index (Phi) is 5.44. The molecule has 0 aliphatic heterocycles. The predicted octanol–water partition coefficient (Wildman–Crippen LogP) is 3.29. The molecule has 90 valence electrons. The van der Waals surface area contributed by atoms with Crippen LogP contribution < -0.4 is 10.6 Å². The van der Waals surface area contributed by atoms with E-state index < -0.39 is 0 Å². The van der Waals surface area contributed by atoms with Gasteiger partial charge in [-0.3, -0.25) is 0 Å². The Labute approximate surface area is 102 Å². The molecule has 0 amide bonds. The van der Waals surface area contributed by atoms with E-state index >= 15 is 0 Å². The molecule has 1 N–H and O–H groups in total. The zero-order valence-corrected chi connectivity index (χ0v) is 11.9. The van der Waals surface area contributed by atoms with Gasteiger partial charge in [-0.05, 0) is 37.8 Å². The van der Waals surface area contributed by atoms with Crippen LogP contribution in [-0.4, -0.2) is 11.7 Å². The van der Waals surface area contributed by atoms with Gasteiger partial charge in [0, 0.05) is 12.1 Å². The van der Waals surface area contributed by atoms with Crippen LogP contribution in [0.5, 0.6) is 0 Å². The maximum atomic E-state index is 3.56. The zero-order chi connectivity index (χ0) is 12.0. The van der Waals surface area contributed by atoms with E-state index in [0.717, 1.165) is 15.1 Å². The summed E-state index contributed by atoms with van der Waals surface area (Å²) >= 11 is 0. The van der Waals surface area contributed by atoms with Crippen molar-refractivity contribution in [2.24, 2.45) is 0 Å². The highest BCUT2D eigenvalue weighted by atomic mass is 31.1. The Morgan fingerprint density at radius 3 is 2.50 bits per heavy atom. The lowest BCUT2D eigenvalue weighted by Crippen LogP contribution is -2.36. The molecule has 0 aliphatic carbocycles. The van der Waals surface area contributed by atoms with Crippen molar-refractivity contribution in [3.8, 4) is 0 Å². The van der Waals surface area contributed by atoms with Crippen molar-refractivity contribution in [1.29, 1.82) is 0 Å². The SMILES string of the molecule is CCCPc1ccccc1CNC(C)(C)C. The molecule has 0 saturated heterocycles. The minimum absolute atomic E-state index is 0.195. The molecule has 0 radical (unpaired) electrons. The fraction of sp³-hybridized carbons (Fsp3) is 0.571. The van der Waals surface area contributed by atoms with Crippen LogP contribution in [0, 0.1) is 0 Å². The molecule has 1 rings (SSSR count). The number of rotatable bonds is 5. The van der Waals surface area contributed by atoms with Crippen molar-refractivity contribution in [2.45, 2.75) is 46.2 Å². The van der Waals surface area contributed by atoms with Crippen LogP contribution in [0.25, 0.3) is 0 Å². The van der Waals surface area contributed by atoms with Crippen molar-refractivity contribution in [3.05, 3.63) is 29.8 Å². The molecular weight excluding hydrogens is 213 g/mol. The van der Waals surface area contributed by atoms with Gasteiger partial charge in [0.15, 0.2) is 0 Å². The molecule has 0 saturated carbocycles. The third-order valence-corrected chi connectivity index (χ3v) is 4.01. The monoisotopic (exact) mass is 237 g/mol. The van der Waals surface area contributed by atoms with Gasteiger partial charge in [0.05, 0.1) is 0 Å². The number of nitrogens with one attached hydrogen (secondary N) is 1. The molecule has 0 fully saturated rings. The third-order valence-electron chi connectivity index (χ3n) is 2.39. The van der Waals surface area contributed by atoms with Gasteiger partial charge in [-0.15, -0.1) is 0 Å². The van der Waals surface area contributed by atoms with Crippen molar-refractivity contribution >= 4 is 13.9 Å². The van der Waals surface area contributed by atoms with Gasteiger partial charge in [0.2, 0.25) is 0 Å². The number of hydrogen-bond donors (Lipinski definition) is 1. The maximum Gasteiger partial charge on any atom is 0.0216 e. The normalized spacial score (nSPS) is 12.5. The van der Waals surface area contributed by atoms with E-state index in [2.05, 4.69) is 57.3 Å². The first kappa shape index (κ1) is 13.7. The molecule has 1 unspecified atom stereocenters. The van der Waals surface area contributed by atoms with Crippen molar-refractivity contribution < 1.29 is 0 Å². The summed E-state index contributed by atoms with van der Waals surface area (Å²) < 4.78 is 0. The van der Waals surface area contributed by atoms with Gasteiger partial charge < -0.3 is 5.32 Å². The van der Waals surface area contributed by atoms with E-state index in [1.165, 1.54) is 23.5 Å². The average Bonchev–Trinajstić information content (AvgIpc) is 2.23. The van der Waals surface area contributed by atoms with Gasteiger partial charge in [-0.2, -0.15) is 0 Å². The first-order valence-electron chi connectivity index (χ1n) is 6.10. The predicted molar refractivity (Wildman–Crippen MR) is 76.1 cm³/mol. The molecular formula is C14H24NP. The molecule has 0 aliphatic rings. The van der Waals surface area contributed by atoms with E-state index in [-0.39, 0.29) is 5.54 Å². The number of benzene rings is 1. The summed E-state index contributed by atoms with van der Waals surface area (Å²) in [7, 11) is 0.957. The van der Waals surface area contributed by atoms with Crippen molar-refractivity contribution in [1.82, 2.24) is 5.32 Å². The van der Waals surface area contributed by atoms with E-state index in [1.807, 2.05) is 0 Å². The molecule has 1 atom stereocenters. The summed E-state index contributed by atoms with van der Waals surface area (Å²) in [5, 5.41) is 5.09. The summed E-state index contributed by atoms with van der Waals surface area (Å²) in [5.74, 6) is 0. The quantitative estimate of drug-likeness (QED) is 0.775. The van der Waals surface area contributed by atoms with E-state index in [1.54, 1.807) is 0 Å². The molecule has 0 spiro atoms. The Hall–Kier alpha value is -0.390. The first-order valence-corrected chi connectivity index (χ1v) is 7.30. The van der Waals surface area contributed by atoms with Gasteiger partial charge in [0.1, 0.15) is 0 Å². The summed E-state index contributed by atoms with van der Waals surface area (Å²) in [5.41, 5.74) is 1.66. The maximum absolute atomic E-state index is 3.56. The average molecular weight is 237 g/mol. The van der Waals surface area contributed by atoms with Crippen LogP contribution in [0.4, 0.5) is 0 Å². The minimum atomic E-state index is 0.195. The molecule has 1 aromatic carbocycles. The third kappa shape index (κ3) is 5.09. The fourth-order valence-corrected chi connectivity index (χ4v) is 2.60. The highest BCUT2D eigenvalue weighted by molar-refractivity contribution is 7.47. The van der Waals surface area contributed by atoms with Crippen LogP contribution in [0.2, 0.25) is 0 Å². The standard InChI is InChI=1S/C14H24NP/c1-5-10-16-13-9-7-6-8-12(13)11-15-14(2,3)4/h6-9,15-16H,5,10-11H2,1-4H3. The smallest absolute Gasteiger partial charge is 0.0216 e. The highest BCUT2D eigenvalue weighted by Crippen LogP contribution is 2.15. The molecule has 0 bridgehead atoms. The van der Waals surface area contributed by atoms with Crippen molar-refractivity contribution in [2.75, 3.05) is 6.16 Å².